The van der Waals surface area contributed by atoms with Gasteiger partial charge in [-0.15, -0.1) is 0 Å². The minimum absolute atomic E-state index is 0.195. The quantitative estimate of drug-likeness (QED) is 0.586. The highest BCUT2D eigenvalue weighted by atomic mass is 16.6. The summed E-state index contributed by atoms with van der Waals surface area (Å²) in [6, 6.07) is 0. The van der Waals surface area contributed by atoms with Crippen molar-refractivity contribution in [2.45, 2.75) is 58.0 Å². The molecule has 18 heavy (non-hydrogen) atoms. The fourth-order valence-corrected chi connectivity index (χ4v) is 2.20. The molecule has 104 valence electrons. The molecule has 0 spiro atoms. The van der Waals surface area contributed by atoms with E-state index in [-0.39, 0.29) is 18.2 Å². The van der Waals surface area contributed by atoms with Gasteiger partial charge in [-0.1, -0.05) is 13.8 Å². The van der Waals surface area contributed by atoms with Gasteiger partial charge in [0.2, 0.25) is 0 Å². The smallest absolute Gasteiger partial charge is 0.407 e. The van der Waals surface area contributed by atoms with Crippen LogP contribution in [0.5, 0.6) is 0 Å². The van der Waals surface area contributed by atoms with Crippen molar-refractivity contribution in [2.75, 3.05) is 13.2 Å². The third-order valence-corrected chi connectivity index (χ3v) is 3.39. The molecule has 0 saturated heterocycles. The molecule has 0 aliphatic heterocycles. The standard InChI is InChI=1S/C13H23NO4/c1-3-11(15)17-10-9-14-12(16)18-13(4-2)7-5-6-8-13/h3-10H2,1-2H3,(H,14,16). The molecule has 1 N–H and O–H groups in total. The molecule has 1 fully saturated rings. The number of alkyl carbamates (subject to hydrolysis) is 1. The van der Waals surface area contributed by atoms with Crippen molar-refractivity contribution in [3.05, 3.63) is 0 Å². The van der Waals surface area contributed by atoms with Gasteiger partial charge in [-0.05, 0) is 32.1 Å². The predicted octanol–water partition coefficient (Wildman–Crippen LogP) is 2.39. The highest BCUT2D eigenvalue weighted by Gasteiger charge is 2.35. The van der Waals surface area contributed by atoms with Crippen LogP contribution in [0.1, 0.15) is 52.4 Å². The highest BCUT2D eigenvalue weighted by molar-refractivity contribution is 5.69. The number of carbonyl (C=O) groups excluding carboxylic acids is 2. The van der Waals surface area contributed by atoms with Crippen LogP contribution in [0.2, 0.25) is 0 Å². The van der Waals surface area contributed by atoms with Crippen LogP contribution in [0.25, 0.3) is 0 Å². The molecule has 1 aliphatic carbocycles. The van der Waals surface area contributed by atoms with Crippen LogP contribution in [0.4, 0.5) is 4.79 Å². The van der Waals surface area contributed by atoms with Crippen LogP contribution in [0.15, 0.2) is 0 Å². The monoisotopic (exact) mass is 257 g/mol. The summed E-state index contributed by atoms with van der Waals surface area (Å²) >= 11 is 0. The third-order valence-electron chi connectivity index (χ3n) is 3.39. The van der Waals surface area contributed by atoms with Crippen molar-refractivity contribution in [1.82, 2.24) is 5.32 Å². The zero-order valence-electron chi connectivity index (χ0n) is 11.3. The van der Waals surface area contributed by atoms with E-state index in [0.29, 0.717) is 13.0 Å². The van der Waals surface area contributed by atoms with E-state index in [1.165, 1.54) is 0 Å². The summed E-state index contributed by atoms with van der Waals surface area (Å²) in [6.45, 7) is 4.27. The first kappa shape index (κ1) is 14.8. The van der Waals surface area contributed by atoms with Crippen LogP contribution in [0.3, 0.4) is 0 Å². The summed E-state index contributed by atoms with van der Waals surface area (Å²) in [7, 11) is 0. The number of carbonyl (C=O) groups is 2. The first-order chi connectivity index (χ1) is 8.62. The summed E-state index contributed by atoms with van der Waals surface area (Å²) in [6.07, 6.45) is 4.93. The summed E-state index contributed by atoms with van der Waals surface area (Å²) in [5, 5.41) is 2.61. The van der Waals surface area contributed by atoms with E-state index in [9.17, 15) is 9.59 Å². The fraction of sp³-hybridized carbons (Fsp3) is 0.846. The van der Waals surface area contributed by atoms with Crippen molar-refractivity contribution in [1.29, 1.82) is 0 Å². The van der Waals surface area contributed by atoms with Crippen LogP contribution >= 0.6 is 0 Å². The second-order valence-corrected chi connectivity index (χ2v) is 4.63. The molecule has 0 heterocycles. The van der Waals surface area contributed by atoms with Crippen molar-refractivity contribution < 1.29 is 19.1 Å². The zero-order valence-corrected chi connectivity index (χ0v) is 11.3. The molecule has 5 heteroatoms. The first-order valence-electron chi connectivity index (χ1n) is 6.74. The number of amides is 1. The lowest BCUT2D eigenvalue weighted by Crippen LogP contribution is -2.38. The summed E-state index contributed by atoms with van der Waals surface area (Å²) in [4.78, 5) is 22.5. The molecule has 0 aromatic rings. The molecule has 0 bridgehead atoms. The number of rotatable bonds is 6. The second kappa shape index (κ2) is 7.24. The largest absolute Gasteiger partial charge is 0.464 e. The molecule has 5 nitrogen and oxygen atoms in total. The van der Waals surface area contributed by atoms with E-state index in [4.69, 9.17) is 9.47 Å². The number of hydrogen-bond donors (Lipinski definition) is 1. The van der Waals surface area contributed by atoms with E-state index >= 15 is 0 Å². The maximum atomic E-state index is 11.6. The van der Waals surface area contributed by atoms with E-state index in [1.54, 1.807) is 6.92 Å². The average Bonchev–Trinajstić information content (AvgIpc) is 2.83. The van der Waals surface area contributed by atoms with Crippen molar-refractivity contribution in [2.24, 2.45) is 0 Å². The van der Waals surface area contributed by atoms with Crippen molar-refractivity contribution in [3.8, 4) is 0 Å². The third kappa shape index (κ3) is 4.55. The Balaban J connectivity index is 2.19. The van der Waals surface area contributed by atoms with Crippen LogP contribution in [-0.4, -0.2) is 30.8 Å². The maximum Gasteiger partial charge on any atom is 0.407 e. The van der Waals surface area contributed by atoms with Crippen LogP contribution in [0, 0.1) is 0 Å². The minimum atomic E-state index is -0.411. The Hall–Kier alpha value is -1.26. The number of hydrogen-bond acceptors (Lipinski definition) is 4. The summed E-state index contributed by atoms with van der Waals surface area (Å²) in [5.74, 6) is -0.258. The van der Waals surface area contributed by atoms with Gasteiger partial charge in [-0.3, -0.25) is 4.79 Å². The molecule has 1 amide bonds. The Morgan fingerprint density at radius 1 is 1.22 bits per heavy atom. The molecular weight excluding hydrogens is 234 g/mol. The first-order valence-corrected chi connectivity index (χ1v) is 6.74. The van der Waals surface area contributed by atoms with Gasteiger partial charge in [0.25, 0.3) is 0 Å². The molecular formula is C13H23NO4. The molecule has 1 saturated carbocycles. The Bertz CT molecular complexity index is 285. The normalized spacial score (nSPS) is 17.2. The number of esters is 1. The topological polar surface area (TPSA) is 64.6 Å². The highest BCUT2D eigenvalue weighted by Crippen LogP contribution is 2.35. The molecule has 0 atom stereocenters. The Kier molecular flexibility index (Phi) is 5.95. The summed E-state index contributed by atoms with van der Waals surface area (Å²) < 4.78 is 10.3. The lowest BCUT2D eigenvalue weighted by molar-refractivity contribution is -0.143. The van der Waals surface area contributed by atoms with Gasteiger partial charge in [-0.2, -0.15) is 0 Å². The van der Waals surface area contributed by atoms with E-state index in [1.807, 2.05) is 6.92 Å². The van der Waals surface area contributed by atoms with Crippen LogP contribution in [-0.2, 0) is 14.3 Å². The molecule has 0 radical (unpaired) electrons. The molecule has 0 aromatic heterocycles. The second-order valence-electron chi connectivity index (χ2n) is 4.63. The molecule has 0 aromatic carbocycles. The van der Waals surface area contributed by atoms with Gasteiger partial charge in [0.05, 0.1) is 6.54 Å². The van der Waals surface area contributed by atoms with Gasteiger partial charge in [0.15, 0.2) is 0 Å². The Morgan fingerprint density at radius 3 is 2.44 bits per heavy atom. The van der Waals surface area contributed by atoms with Gasteiger partial charge >= 0.3 is 12.1 Å². The number of ether oxygens (including phenoxy) is 2. The van der Waals surface area contributed by atoms with Gasteiger partial charge in [-0.25, -0.2) is 4.79 Å². The lowest BCUT2D eigenvalue weighted by atomic mass is 9.99. The Morgan fingerprint density at radius 2 is 1.89 bits per heavy atom. The summed E-state index contributed by atoms with van der Waals surface area (Å²) in [5.41, 5.74) is -0.274. The Labute approximate surface area is 108 Å². The van der Waals surface area contributed by atoms with Gasteiger partial charge in [0.1, 0.15) is 12.2 Å². The zero-order chi connectivity index (χ0) is 13.4. The van der Waals surface area contributed by atoms with Crippen molar-refractivity contribution in [3.63, 3.8) is 0 Å². The van der Waals surface area contributed by atoms with Crippen LogP contribution < -0.4 is 5.32 Å². The van der Waals surface area contributed by atoms with Crippen molar-refractivity contribution >= 4 is 12.1 Å². The fourth-order valence-electron chi connectivity index (χ4n) is 2.20. The molecule has 1 rings (SSSR count). The van der Waals surface area contributed by atoms with Gasteiger partial charge in [0, 0.05) is 6.42 Å². The van der Waals surface area contributed by atoms with E-state index < -0.39 is 6.09 Å². The SMILES string of the molecule is CCC(=O)OCCNC(=O)OC1(CC)CCCC1. The van der Waals surface area contributed by atoms with E-state index in [2.05, 4.69) is 5.32 Å². The number of nitrogens with one attached hydrogen (secondary N) is 1. The van der Waals surface area contributed by atoms with E-state index in [0.717, 1.165) is 32.1 Å². The molecule has 1 aliphatic rings. The van der Waals surface area contributed by atoms with Gasteiger partial charge < -0.3 is 14.8 Å². The average molecular weight is 257 g/mol. The molecule has 0 unspecified atom stereocenters. The maximum absolute atomic E-state index is 11.6. The lowest BCUT2D eigenvalue weighted by Gasteiger charge is -2.27. The minimum Gasteiger partial charge on any atom is -0.464 e. The predicted molar refractivity (Wildman–Crippen MR) is 67.2 cm³/mol.